The summed E-state index contributed by atoms with van der Waals surface area (Å²) in [6.45, 7) is 3.31. The van der Waals surface area contributed by atoms with Crippen molar-refractivity contribution in [2.24, 2.45) is 5.73 Å². The third kappa shape index (κ3) is 20.4. The van der Waals surface area contributed by atoms with Gasteiger partial charge < -0.3 is 61.9 Å². The summed E-state index contributed by atoms with van der Waals surface area (Å²) in [7, 11) is 0. The molecule has 1 aliphatic heterocycles. The number of ether oxygens (including phenoxy) is 4. The molecule has 1 aromatic carbocycles. The van der Waals surface area contributed by atoms with E-state index in [0.717, 1.165) is 6.92 Å². The fourth-order valence-corrected chi connectivity index (χ4v) is 5.67. The van der Waals surface area contributed by atoms with E-state index in [0.29, 0.717) is 57.1 Å². The highest BCUT2D eigenvalue weighted by Gasteiger charge is 2.30. The number of fused-ring (bicyclic) bond motifs is 2. The number of carbonyl (C=O) groups excluding carboxylic acids is 6. The predicted molar refractivity (Wildman–Crippen MR) is 216 cm³/mol. The van der Waals surface area contributed by atoms with Crippen LogP contribution in [-0.4, -0.2) is 154 Å². The number of aromatic nitrogens is 3. The molecule has 0 saturated heterocycles. The molecule has 6 amide bonds. The standard InChI is InChI=1S/C38H59FN12O10/c1-26(39)35(55)43-14-16-59-18-20-61-22-21-60-19-17-58-15-11-31(52)42-12-6-10-30-37(57)47-28(9-5-13-44-38(40)41)36(56)46-23-32(53)45-24-33(54)48-34(27-7-3-2-4-8-27)29-25-51(30)50-49-29/h2-4,7-8,25-26,28,30,34H,5-6,9-24H2,1H3,(H,42,52)(H,43,55)(H,45,53)(H,46,56)(H,47,57)(H,48,54)(H4,40,41,44)/t26?,28-,30?,34?/m0/s1. The van der Waals surface area contributed by atoms with Gasteiger partial charge in [0.05, 0.1) is 78.2 Å². The zero-order valence-electron chi connectivity index (χ0n) is 34.4. The second kappa shape index (κ2) is 28.6. The van der Waals surface area contributed by atoms with Gasteiger partial charge in [-0.1, -0.05) is 35.5 Å². The first kappa shape index (κ1) is 49.6. The number of hydrogen-bond donors (Lipinski definition) is 9. The topological polar surface area (TPSA) is 304 Å². The average molecular weight is 863 g/mol. The van der Waals surface area contributed by atoms with Gasteiger partial charge in [0.1, 0.15) is 17.8 Å². The lowest BCUT2D eigenvalue weighted by Crippen LogP contribution is -2.51. The van der Waals surface area contributed by atoms with Gasteiger partial charge in [0.25, 0.3) is 5.91 Å². The second-order valence-corrected chi connectivity index (χ2v) is 13.7. The van der Waals surface area contributed by atoms with Crippen LogP contribution in [0.25, 0.3) is 0 Å². The highest BCUT2D eigenvalue weighted by Crippen LogP contribution is 2.22. The van der Waals surface area contributed by atoms with Crippen LogP contribution in [0, 0.1) is 5.41 Å². The number of rotatable bonds is 25. The van der Waals surface area contributed by atoms with Crippen molar-refractivity contribution >= 4 is 41.4 Å². The molecule has 61 heavy (non-hydrogen) atoms. The summed E-state index contributed by atoms with van der Waals surface area (Å²) in [4.78, 5) is 76.4. The smallest absolute Gasteiger partial charge is 0.254 e. The molecule has 2 bridgehead atoms. The summed E-state index contributed by atoms with van der Waals surface area (Å²) in [6.07, 6.45) is 1.04. The van der Waals surface area contributed by atoms with Crippen molar-refractivity contribution in [3.8, 4) is 0 Å². The Bertz CT molecular complexity index is 1690. The number of halogens is 1. The van der Waals surface area contributed by atoms with E-state index in [-0.39, 0.29) is 77.1 Å². The molecule has 1 aromatic heterocycles. The Morgan fingerprint density at radius 3 is 2.11 bits per heavy atom. The molecule has 22 nitrogen and oxygen atoms in total. The molecule has 0 radical (unpaired) electrons. The van der Waals surface area contributed by atoms with Gasteiger partial charge in [0.2, 0.25) is 29.5 Å². The summed E-state index contributed by atoms with van der Waals surface area (Å²) in [5.74, 6) is -3.53. The Balaban J connectivity index is 1.50. The minimum Gasteiger partial charge on any atom is -0.379 e. The maximum Gasteiger partial charge on any atom is 0.254 e. The largest absolute Gasteiger partial charge is 0.379 e. The number of guanidine groups is 1. The van der Waals surface area contributed by atoms with Gasteiger partial charge in [0, 0.05) is 26.1 Å². The number of hydrogen-bond acceptors (Lipinski definition) is 13. The summed E-state index contributed by atoms with van der Waals surface area (Å²) in [5.41, 5.74) is 6.38. The minimum atomic E-state index is -1.56. The highest BCUT2D eigenvalue weighted by atomic mass is 19.1. The molecule has 0 aliphatic carbocycles. The van der Waals surface area contributed by atoms with Gasteiger partial charge >= 0.3 is 0 Å². The Morgan fingerprint density at radius 2 is 1.44 bits per heavy atom. The van der Waals surface area contributed by atoms with Crippen LogP contribution < -0.4 is 43.0 Å². The van der Waals surface area contributed by atoms with Crippen molar-refractivity contribution in [2.45, 2.75) is 63.3 Å². The third-order valence-corrected chi connectivity index (χ3v) is 8.84. The molecule has 2 heterocycles. The van der Waals surface area contributed by atoms with E-state index >= 15 is 0 Å². The first-order valence-corrected chi connectivity index (χ1v) is 20.1. The van der Waals surface area contributed by atoms with E-state index in [9.17, 15) is 33.2 Å². The number of alkyl halides is 1. The van der Waals surface area contributed by atoms with Crippen molar-refractivity contribution in [1.29, 1.82) is 5.41 Å². The van der Waals surface area contributed by atoms with Crippen LogP contribution >= 0.6 is 0 Å². The first-order valence-electron chi connectivity index (χ1n) is 20.1. The van der Waals surface area contributed by atoms with Gasteiger partial charge in [-0.25, -0.2) is 9.07 Å². The van der Waals surface area contributed by atoms with Crippen LogP contribution in [0.5, 0.6) is 0 Å². The van der Waals surface area contributed by atoms with E-state index in [1.165, 1.54) is 10.9 Å². The second-order valence-electron chi connectivity index (χ2n) is 13.7. The van der Waals surface area contributed by atoms with Crippen LogP contribution in [0.4, 0.5) is 4.39 Å². The predicted octanol–water partition coefficient (Wildman–Crippen LogP) is -2.15. The molecule has 23 heteroatoms. The highest BCUT2D eigenvalue weighted by molar-refractivity contribution is 5.92. The monoisotopic (exact) mass is 862 g/mol. The number of nitrogens with one attached hydrogen (secondary N) is 8. The van der Waals surface area contributed by atoms with Crippen molar-refractivity contribution < 1.29 is 52.1 Å². The third-order valence-electron chi connectivity index (χ3n) is 8.84. The van der Waals surface area contributed by atoms with E-state index in [2.05, 4.69) is 47.5 Å². The normalized spacial score (nSPS) is 17.9. The average Bonchev–Trinajstić information content (AvgIpc) is 3.72. The van der Waals surface area contributed by atoms with Crippen LogP contribution in [0.15, 0.2) is 36.5 Å². The molecule has 0 saturated carbocycles. The van der Waals surface area contributed by atoms with Gasteiger partial charge in [0.15, 0.2) is 12.1 Å². The molecule has 0 fully saturated rings. The molecular formula is C38H59FN12O10. The maximum absolute atomic E-state index is 14.0. The molecule has 0 spiro atoms. The van der Waals surface area contributed by atoms with Gasteiger partial charge in [-0.05, 0) is 38.2 Å². The maximum atomic E-state index is 14.0. The van der Waals surface area contributed by atoms with Crippen molar-refractivity contribution in [1.82, 2.24) is 52.2 Å². The van der Waals surface area contributed by atoms with Crippen LogP contribution in [0.3, 0.4) is 0 Å². The zero-order valence-corrected chi connectivity index (χ0v) is 34.4. The summed E-state index contributed by atoms with van der Waals surface area (Å²) >= 11 is 0. The van der Waals surface area contributed by atoms with E-state index in [1.54, 1.807) is 24.3 Å². The molecule has 3 rings (SSSR count). The van der Waals surface area contributed by atoms with E-state index in [1.807, 2.05) is 6.07 Å². The summed E-state index contributed by atoms with van der Waals surface area (Å²) < 4.78 is 35.7. The number of nitrogens with zero attached hydrogens (tertiary/aromatic N) is 3. The summed E-state index contributed by atoms with van der Waals surface area (Å²) in [5, 5.41) is 34.4. The van der Waals surface area contributed by atoms with E-state index in [4.69, 9.17) is 30.1 Å². The molecule has 10 N–H and O–H groups in total. The Labute approximate surface area is 353 Å². The SMILES string of the molecule is CC(F)C(=O)NCCOCCOCCOCCOCCC(=O)NCCCC1C(=O)N[C@@H](CCCNC(=N)N)C(=O)NCC(=O)NCC(=O)NC(c2ccccc2)c2cn1nn2. The first-order chi connectivity index (χ1) is 29.4. The lowest BCUT2D eigenvalue weighted by Gasteiger charge is -2.23. The van der Waals surface area contributed by atoms with Gasteiger partial charge in [-0.2, -0.15) is 0 Å². The molecule has 338 valence electrons. The van der Waals surface area contributed by atoms with Gasteiger partial charge in [-0.3, -0.25) is 34.2 Å². The Kier molecular flexibility index (Phi) is 23.3. The Hall–Kier alpha value is -5.78. The zero-order chi connectivity index (χ0) is 44.2. The lowest BCUT2D eigenvalue weighted by atomic mass is 10.0. The quantitative estimate of drug-likeness (QED) is 0.0292. The van der Waals surface area contributed by atoms with E-state index < -0.39 is 60.4 Å². The van der Waals surface area contributed by atoms with Crippen molar-refractivity contribution in [2.75, 3.05) is 85.6 Å². The fourth-order valence-electron chi connectivity index (χ4n) is 5.67. The van der Waals surface area contributed by atoms with Crippen LogP contribution in [0.2, 0.25) is 0 Å². The molecule has 1 aliphatic rings. The molecule has 4 atom stereocenters. The summed E-state index contributed by atoms with van der Waals surface area (Å²) in [6, 6.07) is 6.14. The minimum absolute atomic E-state index is 0.0931. The molecular weight excluding hydrogens is 803 g/mol. The fraction of sp³-hybridized carbons (Fsp3) is 0.605. The molecule has 2 aromatic rings. The van der Waals surface area contributed by atoms with Crippen molar-refractivity contribution in [3.63, 3.8) is 0 Å². The lowest BCUT2D eigenvalue weighted by molar-refractivity contribution is -0.132. The van der Waals surface area contributed by atoms with Crippen LogP contribution in [0.1, 0.15) is 62.4 Å². The molecule has 3 unspecified atom stereocenters. The number of amides is 6. The number of benzene rings is 1. The van der Waals surface area contributed by atoms with Crippen LogP contribution in [-0.2, 0) is 47.7 Å². The Morgan fingerprint density at radius 1 is 0.820 bits per heavy atom. The van der Waals surface area contributed by atoms with Gasteiger partial charge in [-0.15, -0.1) is 5.10 Å². The number of nitrogens with two attached hydrogens (primary N) is 1. The number of carbonyl (C=O) groups is 6. The van der Waals surface area contributed by atoms with Crippen molar-refractivity contribution in [3.05, 3.63) is 47.8 Å².